The Balaban J connectivity index is 2.14. The van der Waals surface area contributed by atoms with E-state index in [1.165, 1.54) is 11.1 Å². The van der Waals surface area contributed by atoms with Gasteiger partial charge in [-0.1, -0.05) is 41.2 Å². The Morgan fingerprint density at radius 2 is 2.07 bits per heavy atom. The van der Waals surface area contributed by atoms with Gasteiger partial charge >= 0.3 is 0 Å². The molecule has 0 aliphatic carbocycles. The van der Waals surface area contributed by atoms with E-state index >= 15 is 0 Å². The maximum atomic E-state index is 5.49. The zero-order valence-electron chi connectivity index (χ0n) is 8.60. The summed E-state index contributed by atoms with van der Waals surface area (Å²) in [6.07, 6.45) is 0.847. The fourth-order valence-electron chi connectivity index (χ4n) is 1.44. The highest BCUT2D eigenvalue weighted by Crippen LogP contribution is 2.14. The number of nitrogens with two attached hydrogens (primary N) is 1. The molecule has 0 fully saturated rings. The molecule has 1 aromatic heterocycles. The van der Waals surface area contributed by atoms with Crippen LogP contribution in [0.1, 0.15) is 21.1 Å². The maximum Gasteiger partial charge on any atom is 0.131 e. The molecule has 2 N–H and O–H groups in total. The number of hydrogen-bond donors (Lipinski definition) is 1. The Morgan fingerprint density at radius 3 is 2.73 bits per heavy atom. The zero-order valence-corrected chi connectivity index (χ0v) is 9.42. The van der Waals surface area contributed by atoms with Crippen LogP contribution >= 0.6 is 11.3 Å². The second kappa shape index (κ2) is 4.51. The molecule has 0 aliphatic rings. The molecular formula is C11H13N3S. The molecule has 0 saturated carbocycles. The largest absolute Gasteiger partial charge is 0.324 e. The van der Waals surface area contributed by atoms with E-state index in [4.69, 9.17) is 5.73 Å². The third-order valence-corrected chi connectivity index (χ3v) is 3.07. The molecule has 4 heteroatoms. The fourth-order valence-corrected chi connectivity index (χ4v) is 2.20. The molecular weight excluding hydrogens is 206 g/mol. The van der Waals surface area contributed by atoms with Crippen LogP contribution < -0.4 is 5.73 Å². The van der Waals surface area contributed by atoms with Crippen LogP contribution in [0.4, 0.5) is 0 Å². The molecule has 0 spiro atoms. The first-order chi connectivity index (χ1) is 7.28. The molecule has 0 unspecified atom stereocenters. The standard InChI is InChI=1S/C11H13N3S/c1-8-3-2-4-9(5-8)6-10-13-14-11(7-12)15-10/h2-5H,6-7,12H2,1H3. The van der Waals surface area contributed by atoms with Crippen molar-refractivity contribution in [2.75, 3.05) is 0 Å². The molecule has 78 valence electrons. The summed E-state index contributed by atoms with van der Waals surface area (Å²) < 4.78 is 0. The number of aromatic nitrogens is 2. The van der Waals surface area contributed by atoms with E-state index in [0.717, 1.165) is 16.4 Å². The van der Waals surface area contributed by atoms with E-state index < -0.39 is 0 Å². The Labute approximate surface area is 93.0 Å². The number of aryl methyl sites for hydroxylation is 1. The van der Waals surface area contributed by atoms with Gasteiger partial charge in [-0.05, 0) is 12.5 Å². The van der Waals surface area contributed by atoms with Crippen molar-refractivity contribution in [1.82, 2.24) is 10.2 Å². The van der Waals surface area contributed by atoms with Crippen molar-refractivity contribution < 1.29 is 0 Å². The molecule has 1 aromatic carbocycles. The van der Waals surface area contributed by atoms with Crippen molar-refractivity contribution in [2.24, 2.45) is 5.73 Å². The lowest BCUT2D eigenvalue weighted by molar-refractivity contribution is 0.930. The van der Waals surface area contributed by atoms with Crippen molar-refractivity contribution in [3.05, 3.63) is 45.4 Å². The SMILES string of the molecule is Cc1cccc(Cc2nnc(CN)s2)c1. The van der Waals surface area contributed by atoms with Crippen LogP contribution in [-0.2, 0) is 13.0 Å². The van der Waals surface area contributed by atoms with Gasteiger partial charge in [0.2, 0.25) is 0 Å². The quantitative estimate of drug-likeness (QED) is 0.857. The minimum absolute atomic E-state index is 0.478. The molecule has 0 atom stereocenters. The smallest absolute Gasteiger partial charge is 0.131 e. The van der Waals surface area contributed by atoms with Crippen molar-refractivity contribution in [2.45, 2.75) is 19.9 Å². The first-order valence-corrected chi connectivity index (χ1v) is 5.66. The number of rotatable bonds is 3. The lowest BCUT2D eigenvalue weighted by Crippen LogP contribution is -1.94. The monoisotopic (exact) mass is 219 g/mol. The third kappa shape index (κ3) is 2.61. The van der Waals surface area contributed by atoms with Crippen molar-refractivity contribution in [3.63, 3.8) is 0 Å². The topological polar surface area (TPSA) is 51.8 Å². The molecule has 2 aromatic rings. The lowest BCUT2D eigenvalue weighted by Gasteiger charge is -1.98. The van der Waals surface area contributed by atoms with Crippen molar-refractivity contribution in [1.29, 1.82) is 0 Å². The lowest BCUT2D eigenvalue weighted by atomic mass is 10.1. The molecule has 2 rings (SSSR count). The van der Waals surface area contributed by atoms with Gasteiger partial charge < -0.3 is 5.73 Å². The van der Waals surface area contributed by atoms with Gasteiger partial charge in [-0.25, -0.2) is 0 Å². The van der Waals surface area contributed by atoms with Crippen LogP contribution in [-0.4, -0.2) is 10.2 Å². The van der Waals surface area contributed by atoms with Crippen LogP contribution in [0.25, 0.3) is 0 Å². The van der Waals surface area contributed by atoms with Crippen LogP contribution in [0.5, 0.6) is 0 Å². The summed E-state index contributed by atoms with van der Waals surface area (Å²) in [5, 5.41) is 10.0. The highest BCUT2D eigenvalue weighted by Gasteiger charge is 2.03. The first kappa shape index (κ1) is 10.3. The van der Waals surface area contributed by atoms with Crippen LogP contribution in [0.15, 0.2) is 24.3 Å². The molecule has 1 heterocycles. The average Bonchev–Trinajstić information content (AvgIpc) is 2.65. The minimum Gasteiger partial charge on any atom is -0.324 e. The number of hydrogen-bond acceptors (Lipinski definition) is 4. The first-order valence-electron chi connectivity index (χ1n) is 4.85. The van der Waals surface area contributed by atoms with Gasteiger partial charge in [0.25, 0.3) is 0 Å². The average molecular weight is 219 g/mol. The predicted molar refractivity (Wildman–Crippen MR) is 61.8 cm³/mol. The summed E-state index contributed by atoms with van der Waals surface area (Å²) >= 11 is 1.59. The van der Waals surface area contributed by atoms with Gasteiger partial charge in [0.1, 0.15) is 10.0 Å². The zero-order chi connectivity index (χ0) is 10.7. The predicted octanol–water partition coefficient (Wildman–Crippen LogP) is 1.90. The van der Waals surface area contributed by atoms with Crippen LogP contribution in [0.2, 0.25) is 0 Å². The van der Waals surface area contributed by atoms with E-state index in [9.17, 15) is 0 Å². The summed E-state index contributed by atoms with van der Waals surface area (Å²) in [7, 11) is 0. The Hall–Kier alpha value is -1.26. The Kier molecular flexibility index (Phi) is 3.08. The summed E-state index contributed by atoms with van der Waals surface area (Å²) in [6, 6.07) is 8.44. The fraction of sp³-hybridized carbons (Fsp3) is 0.273. The highest BCUT2D eigenvalue weighted by atomic mass is 32.1. The summed E-state index contributed by atoms with van der Waals surface area (Å²) in [4.78, 5) is 0. The Morgan fingerprint density at radius 1 is 1.27 bits per heavy atom. The van der Waals surface area contributed by atoms with E-state index in [1.54, 1.807) is 11.3 Å². The molecule has 0 amide bonds. The molecule has 15 heavy (non-hydrogen) atoms. The van der Waals surface area contributed by atoms with Gasteiger partial charge in [0, 0.05) is 13.0 Å². The number of benzene rings is 1. The molecule has 0 bridgehead atoms. The molecule has 0 radical (unpaired) electrons. The normalized spacial score (nSPS) is 10.5. The number of nitrogens with zero attached hydrogens (tertiary/aromatic N) is 2. The van der Waals surface area contributed by atoms with E-state index in [0.29, 0.717) is 6.54 Å². The summed E-state index contributed by atoms with van der Waals surface area (Å²) in [5.41, 5.74) is 8.04. The van der Waals surface area contributed by atoms with Gasteiger partial charge in [-0.15, -0.1) is 10.2 Å². The Bertz CT molecular complexity index is 451. The maximum absolute atomic E-state index is 5.49. The highest BCUT2D eigenvalue weighted by molar-refractivity contribution is 7.11. The van der Waals surface area contributed by atoms with E-state index in [1.807, 2.05) is 0 Å². The molecule has 3 nitrogen and oxygen atoms in total. The van der Waals surface area contributed by atoms with Crippen molar-refractivity contribution in [3.8, 4) is 0 Å². The van der Waals surface area contributed by atoms with Gasteiger partial charge in [0.15, 0.2) is 0 Å². The summed E-state index contributed by atoms with van der Waals surface area (Å²) in [5.74, 6) is 0. The van der Waals surface area contributed by atoms with Crippen molar-refractivity contribution >= 4 is 11.3 Å². The summed E-state index contributed by atoms with van der Waals surface area (Å²) in [6.45, 7) is 2.57. The van der Waals surface area contributed by atoms with Gasteiger partial charge in [0.05, 0.1) is 0 Å². The molecule has 0 aliphatic heterocycles. The second-order valence-corrected chi connectivity index (χ2v) is 4.61. The van der Waals surface area contributed by atoms with Crippen LogP contribution in [0, 0.1) is 6.92 Å². The van der Waals surface area contributed by atoms with Gasteiger partial charge in [-0.2, -0.15) is 0 Å². The molecule has 0 saturated heterocycles. The van der Waals surface area contributed by atoms with E-state index in [2.05, 4.69) is 41.4 Å². The van der Waals surface area contributed by atoms with Gasteiger partial charge in [-0.3, -0.25) is 0 Å². The third-order valence-electron chi connectivity index (χ3n) is 2.12. The minimum atomic E-state index is 0.478. The second-order valence-electron chi connectivity index (χ2n) is 3.46. The van der Waals surface area contributed by atoms with Crippen LogP contribution in [0.3, 0.4) is 0 Å². The van der Waals surface area contributed by atoms with E-state index in [-0.39, 0.29) is 0 Å².